The van der Waals surface area contributed by atoms with E-state index in [1.807, 2.05) is 19.1 Å². The van der Waals surface area contributed by atoms with E-state index in [0.29, 0.717) is 5.56 Å². The van der Waals surface area contributed by atoms with Crippen molar-refractivity contribution in [1.29, 1.82) is 0 Å². The van der Waals surface area contributed by atoms with Crippen LogP contribution >= 0.6 is 15.9 Å². The van der Waals surface area contributed by atoms with Crippen LogP contribution in [0.4, 0.5) is 4.39 Å². The summed E-state index contributed by atoms with van der Waals surface area (Å²) in [6.45, 7) is 1.92. The maximum absolute atomic E-state index is 13.5. The monoisotopic (exact) mass is 295 g/mol. The Morgan fingerprint density at radius 3 is 2.76 bits per heavy atom. The maximum Gasteiger partial charge on any atom is 0.147 e. The minimum Gasteiger partial charge on any atom is -0.384 e. The number of aliphatic hydroxyl groups excluding tert-OH is 1. The number of hydrogen-bond acceptors (Lipinski definition) is 2. The van der Waals surface area contributed by atoms with Gasteiger partial charge in [0.1, 0.15) is 11.9 Å². The molecule has 2 aromatic rings. The van der Waals surface area contributed by atoms with Crippen molar-refractivity contribution >= 4 is 15.9 Å². The fourth-order valence-electron chi connectivity index (χ4n) is 1.66. The molecular formula is C13H11BrFNO. The van der Waals surface area contributed by atoms with Gasteiger partial charge in [-0.1, -0.05) is 34.1 Å². The van der Waals surface area contributed by atoms with Crippen LogP contribution in [0, 0.1) is 12.7 Å². The molecular weight excluding hydrogens is 285 g/mol. The van der Waals surface area contributed by atoms with Gasteiger partial charge in [0, 0.05) is 16.2 Å². The number of benzene rings is 1. The van der Waals surface area contributed by atoms with Crippen molar-refractivity contribution in [2.45, 2.75) is 13.0 Å². The number of aromatic nitrogens is 1. The van der Waals surface area contributed by atoms with E-state index in [4.69, 9.17) is 0 Å². The molecule has 4 heteroatoms. The molecule has 17 heavy (non-hydrogen) atoms. The van der Waals surface area contributed by atoms with Gasteiger partial charge in [-0.25, -0.2) is 4.39 Å². The van der Waals surface area contributed by atoms with E-state index < -0.39 is 11.9 Å². The summed E-state index contributed by atoms with van der Waals surface area (Å²) in [6, 6.07) is 7.00. The number of pyridine rings is 1. The highest BCUT2D eigenvalue weighted by atomic mass is 79.9. The van der Waals surface area contributed by atoms with Crippen LogP contribution in [-0.4, -0.2) is 10.1 Å². The summed E-state index contributed by atoms with van der Waals surface area (Å²) in [7, 11) is 0. The molecule has 1 N–H and O–H groups in total. The number of aliphatic hydroxyl groups is 1. The lowest BCUT2D eigenvalue weighted by atomic mass is 10.0. The number of hydrogen-bond donors (Lipinski definition) is 1. The van der Waals surface area contributed by atoms with Crippen LogP contribution in [0.3, 0.4) is 0 Å². The van der Waals surface area contributed by atoms with Crippen molar-refractivity contribution in [3.63, 3.8) is 0 Å². The molecule has 1 unspecified atom stereocenters. The van der Waals surface area contributed by atoms with E-state index in [2.05, 4.69) is 20.9 Å². The second-order valence-corrected chi connectivity index (χ2v) is 4.57. The molecule has 0 bridgehead atoms. The Kier molecular flexibility index (Phi) is 3.54. The van der Waals surface area contributed by atoms with Gasteiger partial charge in [0.25, 0.3) is 0 Å². The first-order valence-electron chi connectivity index (χ1n) is 5.13. The van der Waals surface area contributed by atoms with Crippen LogP contribution in [0.5, 0.6) is 0 Å². The Morgan fingerprint density at radius 1 is 1.29 bits per heavy atom. The molecule has 0 aliphatic rings. The lowest BCUT2D eigenvalue weighted by Gasteiger charge is -2.15. The summed E-state index contributed by atoms with van der Waals surface area (Å²) in [5.41, 5.74) is 1.87. The fraction of sp³-hybridized carbons (Fsp3) is 0.154. The zero-order valence-corrected chi connectivity index (χ0v) is 10.8. The molecule has 88 valence electrons. The Labute approximate surface area is 107 Å². The standard InChI is InChI=1S/C13H11BrFNO/c1-8-3-2-4-10(12(8)14)13(17)9-5-6-16-7-11(9)15/h2-7,13,17H,1H3. The van der Waals surface area contributed by atoms with Crippen molar-refractivity contribution in [2.75, 3.05) is 0 Å². The second-order valence-electron chi connectivity index (χ2n) is 3.78. The van der Waals surface area contributed by atoms with Crippen LogP contribution in [0.2, 0.25) is 0 Å². The highest BCUT2D eigenvalue weighted by molar-refractivity contribution is 9.10. The molecule has 0 spiro atoms. The summed E-state index contributed by atoms with van der Waals surface area (Å²) in [5.74, 6) is -0.506. The first-order valence-corrected chi connectivity index (χ1v) is 5.93. The van der Waals surface area contributed by atoms with Crippen LogP contribution in [0.25, 0.3) is 0 Å². The van der Waals surface area contributed by atoms with Gasteiger partial charge in [-0.15, -0.1) is 0 Å². The molecule has 1 aromatic carbocycles. The molecule has 2 nitrogen and oxygen atoms in total. The van der Waals surface area contributed by atoms with Gasteiger partial charge in [0.15, 0.2) is 0 Å². The molecule has 0 amide bonds. The average Bonchev–Trinajstić information content (AvgIpc) is 2.32. The average molecular weight is 296 g/mol. The van der Waals surface area contributed by atoms with Gasteiger partial charge in [-0.2, -0.15) is 0 Å². The van der Waals surface area contributed by atoms with Crippen molar-refractivity contribution in [3.05, 3.63) is 63.6 Å². The van der Waals surface area contributed by atoms with Crippen LogP contribution in [0.1, 0.15) is 22.8 Å². The summed E-state index contributed by atoms with van der Waals surface area (Å²) < 4.78 is 14.3. The largest absolute Gasteiger partial charge is 0.384 e. The Bertz CT molecular complexity index is 545. The molecule has 2 rings (SSSR count). The molecule has 1 atom stereocenters. The van der Waals surface area contributed by atoms with E-state index in [9.17, 15) is 9.50 Å². The lowest BCUT2D eigenvalue weighted by molar-refractivity contribution is 0.214. The van der Waals surface area contributed by atoms with E-state index in [0.717, 1.165) is 16.2 Å². The summed E-state index contributed by atoms with van der Waals surface area (Å²) >= 11 is 3.40. The first-order chi connectivity index (χ1) is 8.11. The Balaban J connectivity index is 2.48. The zero-order valence-electron chi connectivity index (χ0n) is 9.19. The highest BCUT2D eigenvalue weighted by Gasteiger charge is 2.17. The Morgan fingerprint density at radius 2 is 2.06 bits per heavy atom. The third-order valence-electron chi connectivity index (χ3n) is 2.61. The van der Waals surface area contributed by atoms with Gasteiger partial charge < -0.3 is 5.11 Å². The van der Waals surface area contributed by atoms with E-state index >= 15 is 0 Å². The smallest absolute Gasteiger partial charge is 0.147 e. The van der Waals surface area contributed by atoms with Crippen molar-refractivity contribution in [3.8, 4) is 0 Å². The number of halogens is 2. The predicted octanol–water partition coefficient (Wildman–Crippen LogP) is 3.37. The lowest BCUT2D eigenvalue weighted by Crippen LogP contribution is -2.04. The van der Waals surface area contributed by atoms with Gasteiger partial charge >= 0.3 is 0 Å². The van der Waals surface area contributed by atoms with E-state index in [1.54, 1.807) is 6.07 Å². The van der Waals surface area contributed by atoms with Crippen molar-refractivity contribution < 1.29 is 9.50 Å². The van der Waals surface area contributed by atoms with Crippen LogP contribution in [0.15, 0.2) is 41.1 Å². The molecule has 1 heterocycles. The quantitative estimate of drug-likeness (QED) is 0.921. The van der Waals surface area contributed by atoms with Crippen molar-refractivity contribution in [1.82, 2.24) is 4.98 Å². The number of rotatable bonds is 2. The predicted molar refractivity (Wildman–Crippen MR) is 67.1 cm³/mol. The molecule has 0 aliphatic carbocycles. The molecule has 0 aliphatic heterocycles. The maximum atomic E-state index is 13.5. The van der Waals surface area contributed by atoms with Gasteiger partial charge in [-0.3, -0.25) is 4.98 Å². The van der Waals surface area contributed by atoms with Crippen LogP contribution in [-0.2, 0) is 0 Å². The van der Waals surface area contributed by atoms with E-state index in [-0.39, 0.29) is 5.56 Å². The molecule has 1 aromatic heterocycles. The number of nitrogens with zero attached hydrogens (tertiary/aromatic N) is 1. The molecule has 0 saturated carbocycles. The third-order valence-corrected chi connectivity index (χ3v) is 3.70. The Hall–Kier alpha value is -1.26. The molecule has 0 radical (unpaired) electrons. The van der Waals surface area contributed by atoms with Gasteiger partial charge in [0.05, 0.1) is 6.20 Å². The summed E-state index contributed by atoms with van der Waals surface area (Å²) in [5, 5.41) is 10.2. The zero-order chi connectivity index (χ0) is 12.4. The minimum atomic E-state index is -0.993. The van der Waals surface area contributed by atoms with E-state index in [1.165, 1.54) is 12.3 Å². The second kappa shape index (κ2) is 4.94. The van der Waals surface area contributed by atoms with Gasteiger partial charge in [0.2, 0.25) is 0 Å². The van der Waals surface area contributed by atoms with Crippen LogP contribution < -0.4 is 0 Å². The minimum absolute atomic E-state index is 0.228. The molecule has 0 saturated heterocycles. The first kappa shape index (κ1) is 12.2. The van der Waals surface area contributed by atoms with Crippen molar-refractivity contribution in [2.24, 2.45) is 0 Å². The van der Waals surface area contributed by atoms with Gasteiger partial charge in [-0.05, 0) is 24.1 Å². The number of aryl methyl sites for hydroxylation is 1. The fourth-order valence-corrected chi connectivity index (χ4v) is 2.14. The molecule has 0 fully saturated rings. The third kappa shape index (κ3) is 2.37. The summed E-state index contributed by atoms with van der Waals surface area (Å²) in [6.07, 6.45) is 1.57. The topological polar surface area (TPSA) is 33.1 Å². The SMILES string of the molecule is Cc1cccc(C(O)c2ccncc2F)c1Br. The highest BCUT2D eigenvalue weighted by Crippen LogP contribution is 2.31. The summed E-state index contributed by atoms with van der Waals surface area (Å²) in [4.78, 5) is 3.66. The normalized spacial score (nSPS) is 12.5.